The highest BCUT2D eigenvalue weighted by atomic mass is 16.4. The molecule has 1 fully saturated rings. The highest BCUT2D eigenvalue weighted by molar-refractivity contribution is 5.73. The lowest BCUT2D eigenvalue weighted by molar-refractivity contribution is -0.144. The third kappa shape index (κ3) is 3.60. The van der Waals surface area contributed by atoms with Crippen molar-refractivity contribution in [3.05, 3.63) is 35.9 Å². The summed E-state index contributed by atoms with van der Waals surface area (Å²) >= 11 is 0. The highest BCUT2D eigenvalue weighted by Gasteiger charge is 2.32. The summed E-state index contributed by atoms with van der Waals surface area (Å²) in [6.07, 6.45) is 6.16. The fraction of sp³-hybridized carbons (Fsp3) is 0.588. The molecule has 2 unspecified atom stereocenters. The smallest absolute Gasteiger partial charge is 0.320 e. The lowest BCUT2D eigenvalue weighted by Crippen LogP contribution is -2.43. The largest absolute Gasteiger partial charge is 0.480 e. The van der Waals surface area contributed by atoms with Gasteiger partial charge in [0.25, 0.3) is 0 Å². The Labute approximate surface area is 121 Å². The maximum absolute atomic E-state index is 11.6. The molecule has 0 radical (unpaired) electrons. The molecule has 0 amide bonds. The summed E-state index contributed by atoms with van der Waals surface area (Å²) in [6, 6.07) is 10.3. The van der Waals surface area contributed by atoms with Crippen molar-refractivity contribution in [1.29, 1.82) is 0 Å². The van der Waals surface area contributed by atoms with Crippen LogP contribution in [0.2, 0.25) is 0 Å². The van der Waals surface area contributed by atoms with Gasteiger partial charge in [-0.15, -0.1) is 0 Å². The quantitative estimate of drug-likeness (QED) is 0.887. The first kappa shape index (κ1) is 15.0. The zero-order valence-corrected chi connectivity index (χ0v) is 12.3. The summed E-state index contributed by atoms with van der Waals surface area (Å²) in [7, 11) is 0. The number of nitrogens with zero attached hydrogens (tertiary/aromatic N) is 1. The fourth-order valence-electron chi connectivity index (χ4n) is 3.24. The molecule has 0 spiro atoms. The van der Waals surface area contributed by atoms with E-state index in [-0.39, 0.29) is 12.1 Å². The third-order valence-corrected chi connectivity index (χ3v) is 4.23. The summed E-state index contributed by atoms with van der Waals surface area (Å²) in [6.45, 7) is 3.07. The molecule has 3 nitrogen and oxygen atoms in total. The van der Waals surface area contributed by atoms with E-state index in [0.717, 1.165) is 45.1 Å². The molecule has 0 bridgehead atoms. The molecule has 0 aliphatic carbocycles. The molecular formula is C17H25NO2. The van der Waals surface area contributed by atoms with Crippen molar-refractivity contribution < 1.29 is 9.90 Å². The molecule has 1 aliphatic rings. The molecule has 2 rings (SSSR count). The summed E-state index contributed by atoms with van der Waals surface area (Å²) in [4.78, 5) is 13.8. The summed E-state index contributed by atoms with van der Waals surface area (Å²) in [5.41, 5.74) is 1.25. The van der Waals surface area contributed by atoms with E-state index >= 15 is 0 Å². The standard InChI is InChI=1S/C17H25NO2/c1-2-9-15(14-10-5-3-6-11-14)18-13-8-4-7-12-16(18)17(19)20/h3,5-6,10-11,15-16H,2,4,7-9,12-13H2,1H3,(H,19,20). The van der Waals surface area contributed by atoms with E-state index in [1.165, 1.54) is 5.56 Å². The van der Waals surface area contributed by atoms with Gasteiger partial charge in [-0.1, -0.05) is 56.5 Å². The van der Waals surface area contributed by atoms with Gasteiger partial charge in [-0.3, -0.25) is 9.69 Å². The van der Waals surface area contributed by atoms with Crippen molar-refractivity contribution in [3.63, 3.8) is 0 Å². The van der Waals surface area contributed by atoms with Crippen LogP contribution in [0.1, 0.15) is 57.1 Å². The maximum Gasteiger partial charge on any atom is 0.320 e. The second-order valence-corrected chi connectivity index (χ2v) is 5.66. The first-order valence-electron chi connectivity index (χ1n) is 7.77. The van der Waals surface area contributed by atoms with Crippen LogP contribution in [-0.4, -0.2) is 28.6 Å². The van der Waals surface area contributed by atoms with E-state index in [4.69, 9.17) is 0 Å². The van der Waals surface area contributed by atoms with Crippen molar-refractivity contribution >= 4 is 5.97 Å². The molecule has 0 saturated carbocycles. The van der Waals surface area contributed by atoms with Crippen molar-refractivity contribution in [2.75, 3.05) is 6.54 Å². The Morgan fingerprint density at radius 3 is 2.70 bits per heavy atom. The van der Waals surface area contributed by atoms with Gasteiger partial charge in [0.1, 0.15) is 6.04 Å². The molecule has 1 heterocycles. The SMILES string of the molecule is CCCC(c1ccccc1)N1CCCCCC1C(=O)O. The van der Waals surface area contributed by atoms with Crippen LogP contribution in [0.15, 0.2) is 30.3 Å². The van der Waals surface area contributed by atoms with E-state index in [1.54, 1.807) is 0 Å². The normalized spacial score (nSPS) is 22.1. The number of carbonyl (C=O) groups is 1. The molecule has 1 aromatic carbocycles. The number of likely N-dealkylation sites (tertiary alicyclic amines) is 1. The predicted molar refractivity (Wildman–Crippen MR) is 80.7 cm³/mol. The Balaban J connectivity index is 2.27. The number of aliphatic carboxylic acids is 1. The Morgan fingerprint density at radius 1 is 1.30 bits per heavy atom. The van der Waals surface area contributed by atoms with Crippen LogP contribution in [0.3, 0.4) is 0 Å². The number of benzene rings is 1. The van der Waals surface area contributed by atoms with Gasteiger partial charge in [-0.05, 0) is 31.4 Å². The number of carboxylic acid groups (broad SMARTS) is 1. The van der Waals surface area contributed by atoms with E-state index in [2.05, 4.69) is 24.0 Å². The molecule has 2 atom stereocenters. The minimum absolute atomic E-state index is 0.236. The number of hydrogen-bond acceptors (Lipinski definition) is 2. The van der Waals surface area contributed by atoms with E-state index in [0.29, 0.717) is 0 Å². The van der Waals surface area contributed by atoms with Crippen molar-refractivity contribution in [2.45, 2.75) is 57.5 Å². The van der Waals surface area contributed by atoms with E-state index in [1.807, 2.05) is 18.2 Å². The monoisotopic (exact) mass is 275 g/mol. The van der Waals surface area contributed by atoms with Gasteiger partial charge in [0.05, 0.1) is 0 Å². The highest BCUT2D eigenvalue weighted by Crippen LogP contribution is 2.31. The Hall–Kier alpha value is -1.35. The number of carboxylic acids is 1. The summed E-state index contributed by atoms with van der Waals surface area (Å²) in [5, 5.41) is 9.56. The molecule has 0 aromatic heterocycles. The van der Waals surface area contributed by atoms with Crippen molar-refractivity contribution in [2.24, 2.45) is 0 Å². The van der Waals surface area contributed by atoms with Gasteiger partial charge in [-0.2, -0.15) is 0 Å². The van der Waals surface area contributed by atoms with E-state index < -0.39 is 5.97 Å². The van der Waals surface area contributed by atoms with Crippen LogP contribution in [-0.2, 0) is 4.79 Å². The Kier molecular flexibility index (Phi) is 5.60. The molecule has 1 saturated heterocycles. The van der Waals surface area contributed by atoms with Crippen LogP contribution in [0, 0.1) is 0 Å². The van der Waals surface area contributed by atoms with Gasteiger partial charge in [0, 0.05) is 6.04 Å². The topological polar surface area (TPSA) is 40.5 Å². The first-order valence-corrected chi connectivity index (χ1v) is 7.77. The minimum Gasteiger partial charge on any atom is -0.480 e. The van der Waals surface area contributed by atoms with Crippen molar-refractivity contribution in [1.82, 2.24) is 4.90 Å². The molecular weight excluding hydrogens is 250 g/mol. The lowest BCUT2D eigenvalue weighted by Gasteiger charge is -2.35. The predicted octanol–water partition coefficient (Wildman–Crippen LogP) is 3.86. The van der Waals surface area contributed by atoms with Gasteiger partial charge >= 0.3 is 5.97 Å². The minimum atomic E-state index is -0.663. The molecule has 3 heteroatoms. The zero-order valence-electron chi connectivity index (χ0n) is 12.3. The average molecular weight is 275 g/mol. The second kappa shape index (κ2) is 7.44. The van der Waals surface area contributed by atoms with Gasteiger partial charge < -0.3 is 5.11 Å². The number of rotatable bonds is 5. The van der Waals surface area contributed by atoms with Crippen LogP contribution >= 0.6 is 0 Å². The molecule has 20 heavy (non-hydrogen) atoms. The lowest BCUT2D eigenvalue weighted by atomic mass is 9.98. The summed E-state index contributed by atoms with van der Waals surface area (Å²) < 4.78 is 0. The van der Waals surface area contributed by atoms with Gasteiger partial charge in [-0.25, -0.2) is 0 Å². The molecule has 1 N–H and O–H groups in total. The molecule has 1 aromatic rings. The van der Waals surface area contributed by atoms with Gasteiger partial charge in [0.15, 0.2) is 0 Å². The Bertz CT molecular complexity index is 418. The number of hydrogen-bond donors (Lipinski definition) is 1. The molecule has 1 aliphatic heterocycles. The first-order chi connectivity index (χ1) is 9.74. The fourth-order valence-corrected chi connectivity index (χ4v) is 3.24. The second-order valence-electron chi connectivity index (χ2n) is 5.66. The zero-order chi connectivity index (χ0) is 14.4. The van der Waals surface area contributed by atoms with Crippen LogP contribution < -0.4 is 0 Å². The van der Waals surface area contributed by atoms with Crippen LogP contribution in [0.25, 0.3) is 0 Å². The van der Waals surface area contributed by atoms with Crippen LogP contribution in [0.5, 0.6) is 0 Å². The average Bonchev–Trinajstić information content (AvgIpc) is 2.71. The summed E-state index contributed by atoms with van der Waals surface area (Å²) in [5.74, 6) is -0.663. The van der Waals surface area contributed by atoms with E-state index in [9.17, 15) is 9.90 Å². The molecule has 110 valence electrons. The maximum atomic E-state index is 11.6. The third-order valence-electron chi connectivity index (χ3n) is 4.23. The van der Waals surface area contributed by atoms with Crippen molar-refractivity contribution in [3.8, 4) is 0 Å². The van der Waals surface area contributed by atoms with Crippen LogP contribution in [0.4, 0.5) is 0 Å². The Morgan fingerprint density at radius 2 is 2.05 bits per heavy atom. The van der Waals surface area contributed by atoms with Gasteiger partial charge in [0.2, 0.25) is 0 Å².